The van der Waals surface area contributed by atoms with Crippen molar-refractivity contribution >= 4 is 5.96 Å². The van der Waals surface area contributed by atoms with Crippen molar-refractivity contribution < 1.29 is 0 Å². The molecule has 0 aliphatic heterocycles. The predicted molar refractivity (Wildman–Crippen MR) is 80.8 cm³/mol. The predicted octanol–water partition coefficient (Wildman–Crippen LogP) is 1.30. The van der Waals surface area contributed by atoms with Crippen LogP contribution in [0.1, 0.15) is 25.7 Å². The molecule has 0 saturated heterocycles. The van der Waals surface area contributed by atoms with Crippen molar-refractivity contribution in [3.05, 3.63) is 25.3 Å². The Balaban J connectivity index is 2.40. The van der Waals surface area contributed by atoms with Gasteiger partial charge >= 0.3 is 0 Å². The molecule has 1 saturated carbocycles. The SMILES string of the molecule is C=CCN(CC=C)[C@H]1CC[C@H](NC(=N)N(C)N)CC1. The third kappa shape index (κ3) is 5.04. The minimum atomic E-state index is 0.289. The van der Waals surface area contributed by atoms with Gasteiger partial charge in [-0.25, -0.2) is 5.84 Å². The summed E-state index contributed by atoms with van der Waals surface area (Å²) in [5, 5.41) is 12.2. The van der Waals surface area contributed by atoms with E-state index in [0.717, 1.165) is 38.8 Å². The lowest BCUT2D eigenvalue weighted by Gasteiger charge is -2.36. The highest BCUT2D eigenvalue weighted by atomic mass is 15.5. The molecule has 1 rings (SSSR count). The van der Waals surface area contributed by atoms with Crippen molar-refractivity contribution in [1.29, 1.82) is 5.41 Å². The van der Waals surface area contributed by atoms with E-state index in [1.54, 1.807) is 7.05 Å². The highest BCUT2D eigenvalue weighted by Gasteiger charge is 2.25. The number of nitrogens with one attached hydrogen (secondary N) is 2. The number of nitrogens with zero attached hydrogens (tertiary/aromatic N) is 2. The largest absolute Gasteiger partial charge is 0.353 e. The first-order valence-electron chi connectivity index (χ1n) is 6.87. The van der Waals surface area contributed by atoms with Crippen LogP contribution in [0.25, 0.3) is 0 Å². The fourth-order valence-electron chi connectivity index (χ4n) is 2.58. The van der Waals surface area contributed by atoms with Crippen LogP contribution in [-0.2, 0) is 0 Å². The molecule has 1 aliphatic rings. The monoisotopic (exact) mass is 265 g/mol. The van der Waals surface area contributed by atoms with Crippen molar-refractivity contribution in [1.82, 2.24) is 15.2 Å². The molecule has 19 heavy (non-hydrogen) atoms. The Labute approximate surface area is 116 Å². The molecule has 0 atom stereocenters. The number of nitrogens with two attached hydrogens (primary N) is 1. The maximum absolute atomic E-state index is 7.70. The first-order chi connectivity index (χ1) is 9.08. The smallest absolute Gasteiger partial charge is 0.205 e. The van der Waals surface area contributed by atoms with Crippen LogP contribution in [0.3, 0.4) is 0 Å². The Morgan fingerprint density at radius 3 is 2.21 bits per heavy atom. The van der Waals surface area contributed by atoms with Gasteiger partial charge in [-0.15, -0.1) is 13.2 Å². The number of guanidine groups is 1. The Hall–Kier alpha value is -1.33. The van der Waals surface area contributed by atoms with E-state index < -0.39 is 0 Å². The van der Waals surface area contributed by atoms with Gasteiger partial charge in [0.1, 0.15) is 0 Å². The van der Waals surface area contributed by atoms with Crippen LogP contribution in [0.5, 0.6) is 0 Å². The second kappa shape index (κ2) is 7.96. The van der Waals surface area contributed by atoms with Crippen molar-refractivity contribution in [3.63, 3.8) is 0 Å². The molecule has 0 spiro atoms. The molecule has 0 aromatic heterocycles. The van der Waals surface area contributed by atoms with E-state index >= 15 is 0 Å². The summed E-state index contributed by atoms with van der Waals surface area (Å²) >= 11 is 0. The van der Waals surface area contributed by atoms with E-state index in [1.807, 2.05) is 12.2 Å². The van der Waals surface area contributed by atoms with Crippen LogP contribution in [0.15, 0.2) is 25.3 Å². The minimum absolute atomic E-state index is 0.289. The zero-order valence-electron chi connectivity index (χ0n) is 11.9. The van der Waals surface area contributed by atoms with Gasteiger partial charge in [-0.05, 0) is 25.7 Å². The van der Waals surface area contributed by atoms with E-state index in [2.05, 4.69) is 23.4 Å². The zero-order valence-corrected chi connectivity index (χ0v) is 11.9. The number of hydrogen-bond donors (Lipinski definition) is 3. The van der Waals surface area contributed by atoms with Gasteiger partial charge in [0.2, 0.25) is 5.96 Å². The highest BCUT2D eigenvalue weighted by Crippen LogP contribution is 2.23. The van der Waals surface area contributed by atoms with Gasteiger partial charge < -0.3 is 5.32 Å². The van der Waals surface area contributed by atoms with Crippen LogP contribution < -0.4 is 11.2 Å². The molecule has 0 radical (unpaired) electrons. The summed E-state index contributed by atoms with van der Waals surface area (Å²) in [4.78, 5) is 2.41. The van der Waals surface area contributed by atoms with Gasteiger partial charge in [-0.3, -0.25) is 15.3 Å². The number of rotatable bonds is 6. The normalized spacial score (nSPS) is 22.9. The Morgan fingerprint density at radius 1 is 1.26 bits per heavy atom. The van der Waals surface area contributed by atoms with E-state index in [-0.39, 0.29) is 5.96 Å². The van der Waals surface area contributed by atoms with Gasteiger partial charge in [0, 0.05) is 32.2 Å². The van der Waals surface area contributed by atoms with E-state index in [4.69, 9.17) is 11.3 Å². The van der Waals surface area contributed by atoms with Gasteiger partial charge in [0.15, 0.2) is 0 Å². The minimum Gasteiger partial charge on any atom is -0.353 e. The standard InChI is InChI=1S/C14H27N5/c1-4-10-19(11-5-2)13-8-6-12(7-9-13)17-14(15)18(3)16/h4-5,12-13H,1-2,6-11,16H2,3H3,(H2,15,17)/t12-,13-. The third-order valence-corrected chi connectivity index (χ3v) is 3.63. The average Bonchev–Trinajstić information content (AvgIpc) is 2.39. The Morgan fingerprint density at radius 2 is 1.79 bits per heavy atom. The Bertz CT molecular complexity index is 295. The molecule has 0 unspecified atom stereocenters. The van der Waals surface area contributed by atoms with Crippen molar-refractivity contribution in [2.75, 3.05) is 20.1 Å². The summed E-state index contributed by atoms with van der Waals surface area (Å²) in [6.45, 7) is 9.46. The fourth-order valence-corrected chi connectivity index (χ4v) is 2.58. The molecule has 5 heteroatoms. The zero-order chi connectivity index (χ0) is 14.3. The molecular formula is C14H27N5. The summed E-state index contributed by atoms with van der Waals surface area (Å²) in [7, 11) is 1.68. The first kappa shape index (κ1) is 15.7. The van der Waals surface area contributed by atoms with Crippen LogP contribution >= 0.6 is 0 Å². The van der Waals surface area contributed by atoms with Crippen molar-refractivity contribution in [2.24, 2.45) is 5.84 Å². The van der Waals surface area contributed by atoms with Crippen LogP contribution in [-0.4, -0.2) is 48.1 Å². The van der Waals surface area contributed by atoms with Gasteiger partial charge in [0.25, 0.3) is 0 Å². The summed E-state index contributed by atoms with van der Waals surface area (Å²) in [6.07, 6.45) is 8.33. The molecule has 1 aliphatic carbocycles. The Kier molecular flexibility index (Phi) is 6.59. The molecule has 1 fully saturated rings. The first-order valence-corrected chi connectivity index (χ1v) is 6.87. The molecule has 4 N–H and O–H groups in total. The second-order valence-corrected chi connectivity index (χ2v) is 5.14. The lowest BCUT2D eigenvalue weighted by atomic mass is 9.90. The van der Waals surface area contributed by atoms with Gasteiger partial charge in [-0.2, -0.15) is 0 Å². The summed E-state index contributed by atoms with van der Waals surface area (Å²) in [6, 6.07) is 0.961. The molecule has 5 nitrogen and oxygen atoms in total. The van der Waals surface area contributed by atoms with Crippen LogP contribution in [0.4, 0.5) is 0 Å². The lowest BCUT2D eigenvalue weighted by Crippen LogP contribution is -2.49. The third-order valence-electron chi connectivity index (χ3n) is 3.63. The summed E-state index contributed by atoms with van der Waals surface area (Å²) < 4.78 is 0. The molecule has 0 heterocycles. The molecule has 0 bridgehead atoms. The van der Waals surface area contributed by atoms with Gasteiger partial charge in [0.05, 0.1) is 0 Å². The molecular weight excluding hydrogens is 238 g/mol. The number of hydrazine groups is 1. The molecule has 0 aromatic carbocycles. The van der Waals surface area contributed by atoms with E-state index in [0.29, 0.717) is 12.1 Å². The molecule has 0 amide bonds. The van der Waals surface area contributed by atoms with Crippen molar-refractivity contribution in [2.45, 2.75) is 37.8 Å². The van der Waals surface area contributed by atoms with Gasteiger partial charge in [-0.1, -0.05) is 12.2 Å². The molecule has 108 valence electrons. The summed E-state index contributed by atoms with van der Waals surface area (Å²) in [5.41, 5.74) is 0. The quantitative estimate of drug-likeness (QED) is 0.223. The van der Waals surface area contributed by atoms with Crippen LogP contribution in [0, 0.1) is 5.41 Å². The van der Waals surface area contributed by atoms with E-state index in [1.165, 1.54) is 5.01 Å². The maximum Gasteiger partial charge on any atom is 0.205 e. The highest BCUT2D eigenvalue weighted by molar-refractivity contribution is 5.75. The lowest BCUT2D eigenvalue weighted by molar-refractivity contribution is 0.176. The van der Waals surface area contributed by atoms with Crippen molar-refractivity contribution in [3.8, 4) is 0 Å². The maximum atomic E-state index is 7.70. The fraction of sp³-hybridized carbons (Fsp3) is 0.643. The topological polar surface area (TPSA) is 68.4 Å². The summed E-state index contributed by atoms with van der Waals surface area (Å²) in [5.74, 6) is 5.81. The number of hydrogen-bond acceptors (Lipinski definition) is 3. The molecule has 0 aromatic rings. The van der Waals surface area contributed by atoms with Crippen LogP contribution in [0.2, 0.25) is 0 Å². The van der Waals surface area contributed by atoms with E-state index in [9.17, 15) is 0 Å². The second-order valence-electron chi connectivity index (χ2n) is 5.14. The average molecular weight is 265 g/mol.